The Hall–Kier alpha value is -2.69. The van der Waals surface area contributed by atoms with Crippen molar-refractivity contribution in [3.63, 3.8) is 0 Å². The predicted octanol–water partition coefficient (Wildman–Crippen LogP) is 3.42. The van der Waals surface area contributed by atoms with Gasteiger partial charge in [-0.3, -0.25) is 4.79 Å². The van der Waals surface area contributed by atoms with Crippen molar-refractivity contribution in [3.05, 3.63) is 53.6 Å². The minimum atomic E-state index is -0.535. The highest BCUT2D eigenvalue weighted by atomic mass is 16.6. The molecule has 1 amide bonds. The summed E-state index contributed by atoms with van der Waals surface area (Å²) in [4.78, 5) is 12.5. The molecule has 138 valence electrons. The van der Waals surface area contributed by atoms with Crippen LogP contribution < -0.4 is 19.5 Å². The summed E-state index contributed by atoms with van der Waals surface area (Å²) < 4.78 is 17.5. The molecule has 0 spiro atoms. The van der Waals surface area contributed by atoms with Crippen LogP contribution in [0.1, 0.15) is 24.5 Å². The number of carbonyl (C=O) groups is 1. The number of rotatable bonds is 6. The van der Waals surface area contributed by atoms with Crippen LogP contribution in [0.25, 0.3) is 0 Å². The molecular weight excluding hydrogens is 330 g/mol. The van der Waals surface area contributed by atoms with Gasteiger partial charge in [0.05, 0.1) is 6.54 Å². The van der Waals surface area contributed by atoms with Crippen molar-refractivity contribution < 1.29 is 19.0 Å². The van der Waals surface area contributed by atoms with Crippen molar-refractivity contribution in [1.82, 2.24) is 5.32 Å². The van der Waals surface area contributed by atoms with Crippen LogP contribution in [0.2, 0.25) is 0 Å². The number of nitrogens with one attached hydrogen (secondary N) is 1. The smallest absolute Gasteiger partial charge is 0.261 e. The first-order valence-electron chi connectivity index (χ1n) is 8.97. The van der Waals surface area contributed by atoms with Crippen LogP contribution in [0.15, 0.2) is 42.5 Å². The quantitative estimate of drug-likeness (QED) is 0.863. The van der Waals surface area contributed by atoms with Crippen LogP contribution >= 0.6 is 0 Å². The third-order valence-corrected chi connectivity index (χ3v) is 4.56. The Morgan fingerprint density at radius 3 is 2.73 bits per heavy atom. The van der Waals surface area contributed by atoms with Gasteiger partial charge >= 0.3 is 0 Å². The van der Waals surface area contributed by atoms with Gasteiger partial charge in [0.1, 0.15) is 18.5 Å². The number of carbonyl (C=O) groups excluding carboxylic acids is 1. The summed E-state index contributed by atoms with van der Waals surface area (Å²) in [6.07, 6.45) is -0.163. The third kappa shape index (κ3) is 4.10. The fourth-order valence-electron chi connectivity index (χ4n) is 2.82. The maximum Gasteiger partial charge on any atom is 0.261 e. The molecule has 0 radical (unpaired) electrons. The van der Waals surface area contributed by atoms with Gasteiger partial charge in [-0.05, 0) is 49.6 Å². The van der Waals surface area contributed by atoms with E-state index < -0.39 is 6.10 Å². The number of hydrogen-bond donors (Lipinski definition) is 1. The van der Waals surface area contributed by atoms with E-state index in [0.29, 0.717) is 25.3 Å². The third-order valence-electron chi connectivity index (χ3n) is 4.56. The fourth-order valence-corrected chi connectivity index (χ4v) is 2.82. The largest absolute Gasteiger partial charge is 0.486 e. The zero-order valence-electron chi connectivity index (χ0n) is 15.5. The molecule has 0 bridgehead atoms. The van der Waals surface area contributed by atoms with Crippen LogP contribution in [0.4, 0.5) is 0 Å². The van der Waals surface area contributed by atoms with Gasteiger partial charge in [0.25, 0.3) is 5.91 Å². The van der Waals surface area contributed by atoms with E-state index in [2.05, 4.69) is 5.32 Å². The number of fused-ring (bicyclic) bond motifs is 1. The number of aryl methyl sites for hydroxylation is 1. The molecule has 5 heteroatoms. The molecule has 5 nitrogen and oxygen atoms in total. The predicted molar refractivity (Wildman–Crippen MR) is 100.0 cm³/mol. The Balaban J connectivity index is 1.56. The van der Waals surface area contributed by atoms with Gasteiger partial charge in [-0.25, -0.2) is 0 Å². The molecule has 26 heavy (non-hydrogen) atoms. The highest BCUT2D eigenvalue weighted by Gasteiger charge is 2.24. The molecule has 3 rings (SSSR count). The van der Waals surface area contributed by atoms with E-state index in [1.165, 1.54) is 0 Å². The van der Waals surface area contributed by atoms with E-state index in [0.717, 1.165) is 22.6 Å². The van der Waals surface area contributed by atoms with Gasteiger partial charge in [-0.2, -0.15) is 0 Å². The molecule has 2 aromatic rings. The molecule has 0 saturated carbocycles. The Labute approximate surface area is 154 Å². The number of hydrogen-bond acceptors (Lipinski definition) is 4. The maximum absolute atomic E-state index is 12.5. The summed E-state index contributed by atoms with van der Waals surface area (Å²) in [5.74, 6) is 2.05. The van der Waals surface area contributed by atoms with Gasteiger partial charge in [0.2, 0.25) is 0 Å². The molecule has 0 unspecified atom stereocenters. The Morgan fingerprint density at radius 1 is 1.19 bits per heavy atom. The summed E-state index contributed by atoms with van der Waals surface area (Å²) in [7, 11) is 0. The number of ether oxygens (including phenoxy) is 3. The normalized spacial score (nSPS) is 16.7. The van der Waals surface area contributed by atoms with Crippen molar-refractivity contribution in [2.45, 2.75) is 39.4 Å². The van der Waals surface area contributed by atoms with Gasteiger partial charge in [0.15, 0.2) is 17.6 Å². The van der Waals surface area contributed by atoms with E-state index in [1.807, 2.05) is 63.2 Å². The first kappa shape index (κ1) is 18.1. The lowest BCUT2D eigenvalue weighted by Crippen LogP contribution is -2.45. The number of para-hydroxylation sites is 2. The molecule has 0 fully saturated rings. The Morgan fingerprint density at radius 2 is 1.96 bits per heavy atom. The zero-order valence-corrected chi connectivity index (χ0v) is 15.5. The summed E-state index contributed by atoms with van der Waals surface area (Å²) in [6, 6.07) is 13.4. The minimum Gasteiger partial charge on any atom is -0.486 e. The van der Waals surface area contributed by atoms with Crippen LogP contribution in [0.5, 0.6) is 17.2 Å². The second-order valence-electron chi connectivity index (χ2n) is 6.46. The molecule has 1 aliphatic heterocycles. The average molecular weight is 355 g/mol. The van der Waals surface area contributed by atoms with Crippen LogP contribution in [-0.2, 0) is 4.79 Å². The van der Waals surface area contributed by atoms with Gasteiger partial charge in [-0.15, -0.1) is 0 Å². The standard InChI is InChI=1S/C21H25NO4/c1-4-17(26-18-11-7-8-14(2)15(18)3)21(23)22-12-16-13-24-19-9-5-6-10-20(19)25-16/h5-11,16-17H,4,12-13H2,1-3H3,(H,22,23)/t16-,17-/m1/s1. The van der Waals surface area contributed by atoms with Crippen molar-refractivity contribution >= 4 is 5.91 Å². The molecule has 0 aliphatic carbocycles. The highest BCUT2D eigenvalue weighted by molar-refractivity contribution is 5.81. The Bertz CT molecular complexity index is 774. The first-order chi connectivity index (χ1) is 12.6. The van der Waals surface area contributed by atoms with E-state index in [-0.39, 0.29) is 12.0 Å². The molecule has 0 aromatic heterocycles. The summed E-state index contributed by atoms with van der Waals surface area (Å²) in [6.45, 7) is 6.75. The summed E-state index contributed by atoms with van der Waals surface area (Å²) in [5.41, 5.74) is 2.20. The van der Waals surface area contributed by atoms with Crippen molar-refractivity contribution in [2.75, 3.05) is 13.2 Å². The lowest BCUT2D eigenvalue weighted by molar-refractivity contribution is -0.128. The molecular formula is C21H25NO4. The van der Waals surface area contributed by atoms with E-state index in [4.69, 9.17) is 14.2 Å². The van der Waals surface area contributed by atoms with Crippen molar-refractivity contribution in [3.8, 4) is 17.2 Å². The molecule has 1 N–H and O–H groups in total. The molecule has 2 atom stereocenters. The molecule has 1 aliphatic rings. The second kappa shape index (κ2) is 8.13. The van der Waals surface area contributed by atoms with E-state index in [1.54, 1.807) is 0 Å². The monoisotopic (exact) mass is 355 g/mol. The van der Waals surface area contributed by atoms with Crippen LogP contribution in [0, 0.1) is 13.8 Å². The number of amides is 1. The first-order valence-corrected chi connectivity index (χ1v) is 8.97. The van der Waals surface area contributed by atoms with Crippen molar-refractivity contribution in [2.24, 2.45) is 0 Å². The van der Waals surface area contributed by atoms with Gasteiger partial charge < -0.3 is 19.5 Å². The van der Waals surface area contributed by atoms with E-state index >= 15 is 0 Å². The summed E-state index contributed by atoms with van der Waals surface area (Å²) in [5, 5.41) is 2.92. The minimum absolute atomic E-state index is 0.143. The van der Waals surface area contributed by atoms with Gasteiger partial charge in [0, 0.05) is 0 Å². The van der Waals surface area contributed by atoms with E-state index in [9.17, 15) is 4.79 Å². The lowest BCUT2D eigenvalue weighted by Gasteiger charge is -2.27. The maximum atomic E-state index is 12.5. The second-order valence-corrected chi connectivity index (χ2v) is 6.46. The highest BCUT2D eigenvalue weighted by Crippen LogP contribution is 2.30. The Kier molecular flexibility index (Phi) is 5.66. The van der Waals surface area contributed by atoms with Crippen molar-refractivity contribution in [1.29, 1.82) is 0 Å². The number of benzene rings is 2. The summed E-state index contributed by atoms with van der Waals surface area (Å²) >= 11 is 0. The van der Waals surface area contributed by atoms with Crippen LogP contribution in [-0.4, -0.2) is 31.3 Å². The topological polar surface area (TPSA) is 56.8 Å². The molecule has 1 heterocycles. The fraction of sp³-hybridized carbons (Fsp3) is 0.381. The van der Waals surface area contributed by atoms with Crippen LogP contribution in [0.3, 0.4) is 0 Å². The zero-order chi connectivity index (χ0) is 18.5. The lowest BCUT2D eigenvalue weighted by atomic mass is 10.1. The average Bonchev–Trinajstić information content (AvgIpc) is 2.67. The molecule has 2 aromatic carbocycles. The SMILES string of the molecule is CC[C@@H](Oc1cccc(C)c1C)C(=O)NC[C@@H]1COc2ccccc2O1. The van der Waals surface area contributed by atoms with Gasteiger partial charge in [-0.1, -0.05) is 31.2 Å². The molecule has 0 saturated heterocycles.